The lowest BCUT2D eigenvalue weighted by atomic mass is 10.2. The van der Waals surface area contributed by atoms with Crippen LogP contribution in [0.4, 0.5) is 4.79 Å². The van der Waals surface area contributed by atoms with Gasteiger partial charge in [0.2, 0.25) is 0 Å². The van der Waals surface area contributed by atoms with E-state index >= 15 is 0 Å². The van der Waals surface area contributed by atoms with E-state index in [9.17, 15) is 14.7 Å². The predicted molar refractivity (Wildman–Crippen MR) is 86.1 cm³/mol. The first-order valence-corrected chi connectivity index (χ1v) is 8.23. The predicted octanol–water partition coefficient (Wildman–Crippen LogP) is 3.78. The summed E-state index contributed by atoms with van der Waals surface area (Å²) in [5.74, 6) is -0.711. The van der Waals surface area contributed by atoms with Crippen LogP contribution in [-0.4, -0.2) is 39.5 Å². The summed E-state index contributed by atoms with van der Waals surface area (Å²) in [5, 5.41) is 9.55. The van der Waals surface area contributed by atoms with E-state index in [0.29, 0.717) is 10.8 Å². The molecule has 0 spiro atoms. The van der Waals surface area contributed by atoms with E-state index in [1.807, 2.05) is 0 Å². The number of rotatable bonds is 2. The van der Waals surface area contributed by atoms with Crippen LogP contribution in [0, 0.1) is 0 Å². The fourth-order valence-corrected chi connectivity index (χ4v) is 3.66. The molecule has 0 aliphatic carbocycles. The van der Waals surface area contributed by atoms with Gasteiger partial charge >= 0.3 is 12.1 Å². The van der Waals surface area contributed by atoms with Crippen molar-refractivity contribution in [2.75, 3.05) is 5.75 Å². The molecule has 1 aromatic rings. The van der Waals surface area contributed by atoms with Gasteiger partial charge in [0.25, 0.3) is 0 Å². The van der Waals surface area contributed by atoms with E-state index < -0.39 is 29.1 Å². The van der Waals surface area contributed by atoms with E-state index in [4.69, 9.17) is 16.3 Å². The van der Waals surface area contributed by atoms with Crippen LogP contribution in [0.3, 0.4) is 0 Å². The lowest BCUT2D eigenvalue weighted by Gasteiger charge is -2.30. The highest BCUT2D eigenvalue weighted by Crippen LogP contribution is 2.42. The van der Waals surface area contributed by atoms with Gasteiger partial charge < -0.3 is 9.84 Å². The monoisotopic (exact) mass is 343 g/mol. The van der Waals surface area contributed by atoms with Gasteiger partial charge in [-0.15, -0.1) is 11.8 Å². The second-order valence-electron chi connectivity index (χ2n) is 5.98. The Bertz CT molecular complexity index is 570. The van der Waals surface area contributed by atoms with E-state index in [1.54, 1.807) is 45.0 Å². The highest BCUT2D eigenvalue weighted by atomic mass is 35.5. The number of hydrogen-bond donors (Lipinski definition) is 1. The van der Waals surface area contributed by atoms with Crippen LogP contribution in [0.5, 0.6) is 0 Å². The van der Waals surface area contributed by atoms with Gasteiger partial charge in [0, 0.05) is 10.8 Å². The summed E-state index contributed by atoms with van der Waals surface area (Å²) in [6.45, 7) is 5.25. The summed E-state index contributed by atoms with van der Waals surface area (Å²) in [6.07, 6.45) is -0.621. The van der Waals surface area contributed by atoms with Crippen LogP contribution < -0.4 is 0 Å². The molecule has 0 aromatic heterocycles. The van der Waals surface area contributed by atoms with Crippen molar-refractivity contribution in [2.24, 2.45) is 0 Å². The molecule has 22 heavy (non-hydrogen) atoms. The van der Waals surface area contributed by atoms with Crippen molar-refractivity contribution in [3.63, 3.8) is 0 Å². The molecule has 5 nitrogen and oxygen atoms in total. The number of halogens is 1. The molecule has 120 valence electrons. The third-order valence-corrected chi connectivity index (χ3v) is 4.62. The second kappa shape index (κ2) is 6.38. The largest absolute Gasteiger partial charge is 0.480 e. The number of hydrogen-bond acceptors (Lipinski definition) is 4. The van der Waals surface area contributed by atoms with Crippen molar-refractivity contribution in [3.8, 4) is 0 Å². The molecule has 0 bridgehead atoms. The molecule has 1 amide bonds. The zero-order valence-corrected chi connectivity index (χ0v) is 14.1. The van der Waals surface area contributed by atoms with Crippen molar-refractivity contribution in [2.45, 2.75) is 37.8 Å². The third kappa shape index (κ3) is 3.87. The highest BCUT2D eigenvalue weighted by Gasteiger charge is 2.44. The Labute approximate surface area is 138 Å². The van der Waals surface area contributed by atoms with Crippen molar-refractivity contribution in [1.29, 1.82) is 0 Å². The topological polar surface area (TPSA) is 66.8 Å². The van der Waals surface area contributed by atoms with Crippen LogP contribution in [0.2, 0.25) is 5.02 Å². The van der Waals surface area contributed by atoms with Crippen molar-refractivity contribution in [3.05, 3.63) is 34.9 Å². The molecule has 1 heterocycles. The van der Waals surface area contributed by atoms with Gasteiger partial charge in [-0.1, -0.05) is 23.7 Å². The summed E-state index contributed by atoms with van der Waals surface area (Å²) in [4.78, 5) is 25.1. The van der Waals surface area contributed by atoms with Gasteiger partial charge in [-0.3, -0.25) is 4.90 Å². The van der Waals surface area contributed by atoms with Crippen LogP contribution in [0.25, 0.3) is 0 Å². The molecule has 1 aliphatic heterocycles. The smallest absolute Gasteiger partial charge is 0.412 e. The number of nitrogens with zero attached hydrogens (tertiary/aromatic N) is 1. The zero-order chi connectivity index (χ0) is 16.5. The first-order valence-electron chi connectivity index (χ1n) is 6.80. The molecule has 0 radical (unpaired) electrons. The maximum absolute atomic E-state index is 12.4. The maximum atomic E-state index is 12.4. The molecule has 2 atom stereocenters. The minimum absolute atomic E-state index is 0.321. The number of carbonyl (C=O) groups excluding carboxylic acids is 1. The minimum atomic E-state index is -1.03. The second-order valence-corrected chi connectivity index (χ2v) is 7.53. The quantitative estimate of drug-likeness (QED) is 0.885. The maximum Gasteiger partial charge on any atom is 0.412 e. The number of carboxylic acids is 1. The fraction of sp³-hybridized carbons (Fsp3) is 0.467. The number of ether oxygens (including phenoxy) is 1. The summed E-state index contributed by atoms with van der Waals surface area (Å²) >= 11 is 7.28. The van der Waals surface area contributed by atoms with Gasteiger partial charge in [-0.05, 0) is 38.5 Å². The van der Waals surface area contributed by atoms with Crippen LogP contribution >= 0.6 is 23.4 Å². The molecular formula is C15H18ClNO4S. The van der Waals surface area contributed by atoms with E-state index in [-0.39, 0.29) is 0 Å². The molecular weight excluding hydrogens is 326 g/mol. The molecule has 1 saturated heterocycles. The summed E-state index contributed by atoms with van der Waals surface area (Å²) in [7, 11) is 0. The molecule has 1 N–H and O–H groups in total. The normalized spacial score (nSPS) is 21.7. The molecule has 1 fully saturated rings. The minimum Gasteiger partial charge on any atom is -0.480 e. The van der Waals surface area contributed by atoms with Crippen LogP contribution in [-0.2, 0) is 9.53 Å². The molecule has 0 saturated carbocycles. The standard InChI is InChI=1S/C15H18ClNO4S/c1-15(2,3)21-14(20)17-11(13(18)19)8-22-12(17)9-4-6-10(16)7-5-9/h4-7,11-12H,8H2,1-3H3,(H,18,19)/t11-,12+/m0/s1. The van der Waals surface area contributed by atoms with Gasteiger partial charge in [0.1, 0.15) is 17.0 Å². The Hall–Kier alpha value is -1.40. The van der Waals surface area contributed by atoms with Gasteiger partial charge in [-0.2, -0.15) is 0 Å². The fourth-order valence-electron chi connectivity index (χ4n) is 2.12. The Balaban J connectivity index is 2.30. The molecule has 2 rings (SSSR count). The zero-order valence-electron chi connectivity index (χ0n) is 12.6. The number of aliphatic carboxylic acids is 1. The number of carbonyl (C=O) groups is 2. The van der Waals surface area contributed by atoms with Crippen molar-refractivity contribution >= 4 is 35.4 Å². The van der Waals surface area contributed by atoms with Gasteiger partial charge in [0.05, 0.1) is 0 Å². The average Bonchev–Trinajstić information content (AvgIpc) is 2.82. The molecule has 7 heteroatoms. The molecule has 1 aliphatic rings. The lowest BCUT2D eigenvalue weighted by Crippen LogP contribution is -2.45. The van der Waals surface area contributed by atoms with Gasteiger partial charge in [0.15, 0.2) is 0 Å². The SMILES string of the molecule is CC(C)(C)OC(=O)N1[C@@H](c2ccc(Cl)cc2)SC[C@H]1C(=O)O. The third-order valence-electron chi connectivity index (χ3n) is 3.04. The van der Waals surface area contributed by atoms with Crippen molar-refractivity contribution in [1.82, 2.24) is 4.90 Å². The van der Waals surface area contributed by atoms with Gasteiger partial charge in [-0.25, -0.2) is 9.59 Å². The number of benzene rings is 1. The lowest BCUT2D eigenvalue weighted by molar-refractivity contribution is -0.142. The van der Waals surface area contributed by atoms with E-state index in [2.05, 4.69) is 0 Å². The first kappa shape index (κ1) is 17.0. The van der Waals surface area contributed by atoms with Crippen molar-refractivity contribution < 1.29 is 19.4 Å². The summed E-state index contributed by atoms with van der Waals surface area (Å²) in [6, 6.07) is 6.13. The Morgan fingerprint density at radius 2 is 1.91 bits per heavy atom. The van der Waals surface area contributed by atoms with E-state index in [1.165, 1.54) is 16.7 Å². The molecule has 0 unspecified atom stereocenters. The summed E-state index contributed by atoms with van der Waals surface area (Å²) in [5.41, 5.74) is 0.141. The Morgan fingerprint density at radius 3 is 2.41 bits per heavy atom. The number of thioether (sulfide) groups is 1. The number of amides is 1. The Kier molecular flexibility index (Phi) is 4.92. The highest BCUT2D eigenvalue weighted by molar-refractivity contribution is 7.99. The average molecular weight is 344 g/mol. The van der Waals surface area contributed by atoms with Crippen LogP contribution in [0.15, 0.2) is 24.3 Å². The Morgan fingerprint density at radius 1 is 1.32 bits per heavy atom. The molecule has 1 aromatic carbocycles. The van der Waals surface area contributed by atoms with E-state index in [0.717, 1.165) is 5.56 Å². The summed E-state index contributed by atoms with van der Waals surface area (Å²) < 4.78 is 5.36. The first-order chi connectivity index (χ1) is 10.2. The van der Waals surface area contributed by atoms with Crippen LogP contribution in [0.1, 0.15) is 31.7 Å². The number of carboxylic acid groups (broad SMARTS) is 1.